The fraction of sp³-hybridized carbons (Fsp3) is 0.684. The maximum atomic E-state index is 11.8. The molecule has 1 aromatic heterocycles. The Kier molecular flexibility index (Phi) is 6.95. The number of hydrogen-bond acceptors (Lipinski definition) is 5. The molecule has 142 valence electrons. The first kappa shape index (κ1) is 21.8. The number of nitrogens with zero attached hydrogens (tertiary/aromatic N) is 1. The van der Waals surface area contributed by atoms with E-state index in [-0.39, 0.29) is 5.04 Å². The van der Waals surface area contributed by atoms with Gasteiger partial charge in [0.1, 0.15) is 6.10 Å². The minimum absolute atomic E-state index is 0.193. The Morgan fingerprint density at radius 3 is 2.28 bits per heavy atom. The lowest BCUT2D eigenvalue weighted by Crippen LogP contribution is -2.41. The van der Waals surface area contributed by atoms with Gasteiger partial charge in [0, 0.05) is 12.8 Å². The van der Waals surface area contributed by atoms with Gasteiger partial charge in [-0.15, -0.1) is 0 Å². The Morgan fingerprint density at radius 1 is 1.24 bits per heavy atom. The third-order valence-corrected chi connectivity index (χ3v) is 9.72. The first-order valence-electron chi connectivity index (χ1n) is 8.68. The van der Waals surface area contributed by atoms with Crippen LogP contribution in [0.15, 0.2) is 18.3 Å². The molecular formula is C19H33NO4Si. The monoisotopic (exact) mass is 367 g/mol. The molecule has 0 saturated heterocycles. The fourth-order valence-electron chi connectivity index (χ4n) is 2.13. The lowest BCUT2D eigenvalue weighted by atomic mass is 9.84. The summed E-state index contributed by atoms with van der Waals surface area (Å²) in [7, 11) is -0.426. The average molecular weight is 368 g/mol. The first-order chi connectivity index (χ1) is 11.3. The number of rotatable bonds is 7. The Labute approximate surface area is 152 Å². The molecule has 25 heavy (non-hydrogen) atoms. The number of pyridine rings is 1. The Bertz CT molecular complexity index is 576. The number of carbonyl (C=O) groups is 1. The van der Waals surface area contributed by atoms with Crippen molar-refractivity contribution in [3.8, 4) is 0 Å². The van der Waals surface area contributed by atoms with E-state index in [1.807, 2.05) is 6.07 Å². The fourth-order valence-corrected chi connectivity index (χ4v) is 3.18. The van der Waals surface area contributed by atoms with Gasteiger partial charge in [0.05, 0.1) is 18.2 Å². The minimum Gasteiger partial charge on any atom is -0.469 e. The van der Waals surface area contributed by atoms with Crippen molar-refractivity contribution in [1.82, 2.24) is 4.98 Å². The third-order valence-electron chi connectivity index (χ3n) is 5.18. The number of methoxy groups -OCH3 is 1. The topological polar surface area (TPSA) is 68.7 Å². The summed E-state index contributed by atoms with van der Waals surface area (Å²) in [6, 6.07) is 3.69. The van der Waals surface area contributed by atoms with Crippen LogP contribution >= 0.6 is 0 Å². The van der Waals surface area contributed by atoms with Crippen LogP contribution < -0.4 is 0 Å². The number of hydrogen-bond donors (Lipinski definition) is 1. The molecule has 1 aromatic rings. The molecular weight excluding hydrogens is 334 g/mol. The minimum atomic E-state index is -1.74. The molecule has 1 unspecified atom stereocenters. The van der Waals surface area contributed by atoms with Crippen molar-refractivity contribution in [2.45, 2.75) is 65.3 Å². The first-order valence-corrected chi connectivity index (χ1v) is 11.6. The molecule has 0 radical (unpaired) electrons. The number of carbonyl (C=O) groups excluding carboxylic acids is 1. The molecule has 1 N–H and O–H groups in total. The van der Waals surface area contributed by atoms with Crippen molar-refractivity contribution in [3.63, 3.8) is 0 Å². The average Bonchev–Trinajstić information content (AvgIpc) is 2.52. The lowest BCUT2D eigenvalue weighted by molar-refractivity contribution is -0.157. The zero-order valence-electron chi connectivity index (χ0n) is 16.8. The summed E-state index contributed by atoms with van der Waals surface area (Å²) in [6.45, 7) is 15.1. The van der Waals surface area contributed by atoms with Crippen LogP contribution in [0.4, 0.5) is 0 Å². The quantitative estimate of drug-likeness (QED) is 0.585. The molecule has 0 aliphatic rings. The molecule has 0 saturated carbocycles. The summed E-state index contributed by atoms with van der Waals surface area (Å²) < 4.78 is 10.9. The highest BCUT2D eigenvalue weighted by Gasteiger charge is 2.39. The smallest absolute Gasteiger partial charge is 0.314 e. The molecule has 1 atom stereocenters. The van der Waals surface area contributed by atoms with Crippen molar-refractivity contribution in [3.05, 3.63) is 29.6 Å². The van der Waals surface area contributed by atoms with Gasteiger partial charge in [-0.1, -0.05) is 26.8 Å². The standard InChI is InChI=1S/C19H33NO4Si/c1-18(2,3)25(7,8)24-12-11-14-9-10-15(20-13-14)16(21)19(4,5)17(22)23-6/h9-10,13,16,21H,11-12H2,1-8H3. The summed E-state index contributed by atoms with van der Waals surface area (Å²) in [4.78, 5) is 16.1. The Morgan fingerprint density at radius 2 is 1.84 bits per heavy atom. The van der Waals surface area contributed by atoms with E-state index in [9.17, 15) is 9.90 Å². The summed E-state index contributed by atoms with van der Waals surface area (Å²) in [5, 5.41) is 10.6. The van der Waals surface area contributed by atoms with Crippen molar-refractivity contribution in [2.75, 3.05) is 13.7 Å². The van der Waals surface area contributed by atoms with Crippen LogP contribution in [0.1, 0.15) is 52.0 Å². The van der Waals surface area contributed by atoms with Gasteiger partial charge in [0.25, 0.3) is 0 Å². The van der Waals surface area contributed by atoms with Gasteiger partial charge >= 0.3 is 5.97 Å². The SMILES string of the molecule is COC(=O)C(C)(C)C(O)c1ccc(CCO[Si](C)(C)C(C)(C)C)cn1. The van der Waals surface area contributed by atoms with E-state index >= 15 is 0 Å². The number of ether oxygens (including phenoxy) is 1. The van der Waals surface area contributed by atoms with Crippen LogP contribution in [0, 0.1) is 5.41 Å². The molecule has 0 spiro atoms. The van der Waals surface area contributed by atoms with Crippen LogP contribution in [0.5, 0.6) is 0 Å². The molecule has 0 amide bonds. The highest BCUT2D eigenvalue weighted by molar-refractivity contribution is 6.74. The van der Waals surface area contributed by atoms with Gasteiger partial charge in [0.2, 0.25) is 0 Å². The predicted octanol–water partition coefficient (Wildman–Crippen LogP) is 3.88. The van der Waals surface area contributed by atoms with Crippen LogP contribution in [-0.2, 0) is 20.4 Å². The second kappa shape index (κ2) is 7.97. The summed E-state index contributed by atoms with van der Waals surface area (Å²) in [5.74, 6) is -0.464. The maximum absolute atomic E-state index is 11.8. The van der Waals surface area contributed by atoms with Gasteiger partial charge in [-0.3, -0.25) is 9.78 Å². The van der Waals surface area contributed by atoms with Gasteiger partial charge in [-0.2, -0.15) is 0 Å². The molecule has 6 heteroatoms. The van der Waals surface area contributed by atoms with Crippen LogP contribution in [0.25, 0.3) is 0 Å². The number of aliphatic hydroxyl groups is 1. The molecule has 0 fully saturated rings. The molecule has 0 aliphatic heterocycles. The lowest BCUT2D eigenvalue weighted by Gasteiger charge is -2.36. The number of aromatic nitrogens is 1. The summed E-state index contributed by atoms with van der Waals surface area (Å²) in [6.07, 6.45) is 1.49. The third kappa shape index (κ3) is 5.36. The Balaban J connectivity index is 2.70. The highest BCUT2D eigenvalue weighted by atomic mass is 28.4. The van der Waals surface area contributed by atoms with Crippen molar-refractivity contribution in [1.29, 1.82) is 0 Å². The van der Waals surface area contributed by atoms with Gasteiger partial charge in [-0.25, -0.2) is 0 Å². The van der Waals surface area contributed by atoms with Gasteiger partial charge < -0.3 is 14.3 Å². The van der Waals surface area contributed by atoms with Crippen LogP contribution in [-0.4, -0.2) is 38.1 Å². The number of esters is 1. The molecule has 1 heterocycles. The highest BCUT2D eigenvalue weighted by Crippen LogP contribution is 2.36. The second-order valence-electron chi connectivity index (χ2n) is 8.57. The van der Waals surface area contributed by atoms with Gasteiger partial charge in [0.15, 0.2) is 8.32 Å². The van der Waals surface area contributed by atoms with E-state index in [0.29, 0.717) is 12.3 Å². The van der Waals surface area contributed by atoms with E-state index in [2.05, 4.69) is 38.8 Å². The summed E-state index contributed by atoms with van der Waals surface area (Å²) >= 11 is 0. The van der Waals surface area contributed by atoms with E-state index < -0.39 is 25.8 Å². The molecule has 0 bridgehead atoms. The summed E-state index contributed by atoms with van der Waals surface area (Å²) in [5.41, 5.74) is 0.462. The normalized spacial score (nSPS) is 14.3. The van der Waals surface area contributed by atoms with Crippen LogP contribution in [0.2, 0.25) is 18.1 Å². The molecule has 1 rings (SSSR count). The van der Waals surface area contributed by atoms with Crippen molar-refractivity contribution >= 4 is 14.3 Å². The zero-order chi connectivity index (χ0) is 19.5. The molecule has 0 aliphatic carbocycles. The van der Waals surface area contributed by atoms with Gasteiger partial charge in [-0.05, 0) is 50.0 Å². The largest absolute Gasteiger partial charge is 0.469 e. The van der Waals surface area contributed by atoms with E-state index in [4.69, 9.17) is 9.16 Å². The Hall–Kier alpha value is -1.24. The number of aliphatic hydroxyl groups excluding tert-OH is 1. The molecule has 5 nitrogen and oxygen atoms in total. The molecule has 0 aromatic carbocycles. The zero-order valence-corrected chi connectivity index (χ0v) is 17.8. The van der Waals surface area contributed by atoms with Crippen molar-refractivity contribution in [2.24, 2.45) is 5.41 Å². The van der Waals surface area contributed by atoms with Crippen LogP contribution in [0.3, 0.4) is 0 Å². The van der Waals surface area contributed by atoms with E-state index in [0.717, 1.165) is 12.0 Å². The van der Waals surface area contributed by atoms with E-state index in [1.165, 1.54) is 7.11 Å². The van der Waals surface area contributed by atoms with E-state index in [1.54, 1.807) is 26.1 Å². The maximum Gasteiger partial charge on any atom is 0.314 e. The second-order valence-corrected chi connectivity index (χ2v) is 13.4. The predicted molar refractivity (Wildman–Crippen MR) is 102 cm³/mol. The van der Waals surface area contributed by atoms with Crippen molar-refractivity contribution < 1.29 is 19.1 Å².